The van der Waals surface area contributed by atoms with Crippen LogP contribution in [0.15, 0.2) is 53.1 Å². The molecule has 1 aromatic carbocycles. The van der Waals surface area contributed by atoms with E-state index in [0.717, 1.165) is 14.6 Å². The normalized spacial score (nSPS) is 12.1. The van der Waals surface area contributed by atoms with Gasteiger partial charge in [0.25, 0.3) is 15.9 Å². The van der Waals surface area contributed by atoms with Gasteiger partial charge in [0.05, 0.1) is 23.3 Å². The average Bonchev–Trinajstić information content (AvgIpc) is 3.07. The molecule has 0 unspecified atom stereocenters. The Bertz CT molecular complexity index is 956. The number of likely N-dealkylation sites (N-methyl/N-ethyl adjacent to an activating group) is 1. The number of Topliss-reactive ketones (excluding diaryl/α,β-unsaturated/α-hetero) is 1. The number of rotatable bonds is 6. The van der Waals surface area contributed by atoms with Crippen molar-refractivity contribution in [3.63, 3.8) is 0 Å². The van der Waals surface area contributed by atoms with Crippen LogP contribution >= 0.6 is 0 Å². The van der Waals surface area contributed by atoms with E-state index in [1.165, 1.54) is 57.6 Å². The highest BCUT2D eigenvalue weighted by Crippen LogP contribution is 2.20. The van der Waals surface area contributed by atoms with Crippen LogP contribution in [0.3, 0.4) is 0 Å². The number of hydroxylamine groups is 2. The first-order valence-corrected chi connectivity index (χ1v) is 9.17. The van der Waals surface area contributed by atoms with E-state index >= 15 is 0 Å². The molecule has 0 saturated heterocycles. The van der Waals surface area contributed by atoms with Crippen molar-refractivity contribution in [3.8, 4) is 0 Å². The molecule has 0 spiro atoms. The Hall–Kier alpha value is -2.71. The van der Waals surface area contributed by atoms with Crippen LogP contribution in [0.5, 0.6) is 0 Å². The van der Waals surface area contributed by atoms with Crippen LogP contribution < -0.4 is 0 Å². The summed E-state index contributed by atoms with van der Waals surface area (Å²) in [4.78, 5) is 29.0. The SMILES string of the molecule is CON(C)C(=O)/C(=C\c1cccn1S(=O)(=O)c1ccc(C)cc1)C(C)=O. The minimum absolute atomic E-state index is 0.110. The molecule has 1 heterocycles. The monoisotopic (exact) mass is 376 g/mol. The summed E-state index contributed by atoms with van der Waals surface area (Å²) >= 11 is 0. The predicted molar refractivity (Wildman–Crippen MR) is 96.6 cm³/mol. The standard InChI is InChI=1S/C18H20N2O5S/c1-13-7-9-16(10-8-13)26(23,24)20-11-5-6-15(20)12-17(14(2)21)18(22)19(3)25-4/h5-12H,1-4H3/b17-12-. The summed E-state index contributed by atoms with van der Waals surface area (Å²) in [6.07, 6.45) is 2.61. The highest BCUT2D eigenvalue weighted by Gasteiger charge is 2.22. The fourth-order valence-corrected chi connectivity index (χ4v) is 3.58. The largest absolute Gasteiger partial charge is 0.294 e. The third kappa shape index (κ3) is 3.92. The number of benzene rings is 1. The van der Waals surface area contributed by atoms with Gasteiger partial charge in [-0.25, -0.2) is 17.5 Å². The summed E-state index contributed by atoms with van der Waals surface area (Å²) < 4.78 is 26.8. The van der Waals surface area contributed by atoms with Crippen molar-refractivity contribution in [2.75, 3.05) is 14.2 Å². The second-order valence-corrected chi connectivity index (χ2v) is 7.46. The Morgan fingerprint density at radius 2 is 1.77 bits per heavy atom. The minimum Gasteiger partial charge on any atom is -0.294 e. The van der Waals surface area contributed by atoms with E-state index in [2.05, 4.69) is 0 Å². The maximum absolute atomic E-state index is 12.9. The zero-order valence-electron chi connectivity index (χ0n) is 15.0. The lowest BCUT2D eigenvalue weighted by Crippen LogP contribution is -2.29. The molecule has 0 N–H and O–H groups in total. The molecule has 138 valence electrons. The number of carbonyl (C=O) groups excluding carboxylic acids is 2. The van der Waals surface area contributed by atoms with Crippen molar-refractivity contribution in [1.29, 1.82) is 0 Å². The van der Waals surface area contributed by atoms with Crippen LogP contribution in [0.1, 0.15) is 18.2 Å². The maximum Gasteiger partial charge on any atom is 0.280 e. The first-order chi connectivity index (χ1) is 12.2. The topological polar surface area (TPSA) is 85.7 Å². The predicted octanol–water partition coefficient (Wildman–Crippen LogP) is 2.03. The molecule has 26 heavy (non-hydrogen) atoms. The van der Waals surface area contributed by atoms with E-state index in [1.54, 1.807) is 12.1 Å². The number of nitrogens with zero attached hydrogens (tertiary/aromatic N) is 2. The van der Waals surface area contributed by atoms with Gasteiger partial charge in [0.2, 0.25) is 0 Å². The van der Waals surface area contributed by atoms with Gasteiger partial charge in [-0.05, 0) is 44.2 Å². The smallest absolute Gasteiger partial charge is 0.280 e. The fourth-order valence-electron chi connectivity index (χ4n) is 2.25. The van der Waals surface area contributed by atoms with Gasteiger partial charge in [-0.2, -0.15) is 0 Å². The van der Waals surface area contributed by atoms with Gasteiger partial charge in [-0.1, -0.05) is 17.7 Å². The molecule has 0 bridgehead atoms. The van der Waals surface area contributed by atoms with E-state index in [1.807, 2.05) is 6.92 Å². The lowest BCUT2D eigenvalue weighted by molar-refractivity contribution is -0.164. The highest BCUT2D eigenvalue weighted by atomic mass is 32.2. The van der Waals surface area contributed by atoms with Crippen LogP contribution in [-0.4, -0.2) is 43.3 Å². The van der Waals surface area contributed by atoms with Gasteiger partial charge in [-0.15, -0.1) is 0 Å². The number of aromatic nitrogens is 1. The summed E-state index contributed by atoms with van der Waals surface area (Å²) in [5.41, 5.74) is 0.936. The van der Waals surface area contributed by atoms with Crippen molar-refractivity contribution in [2.45, 2.75) is 18.7 Å². The Balaban J connectivity index is 2.54. The van der Waals surface area contributed by atoms with Gasteiger partial charge < -0.3 is 0 Å². The molecule has 1 aromatic heterocycles. The summed E-state index contributed by atoms with van der Waals surface area (Å²) in [6, 6.07) is 9.45. The quantitative estimate of drug-likeness (QED) is 0.333. The Morgan fingerprint density at radius 1 is 1.15 bits per heavy atom. The number of hydrogen-bond acceptors (Lipinski definition) is 5. The van der Waals surface area contributed by atoms with Crippen molar-refractivity contribution in [3.05, 3.63) is 59.4 Å². The van der Waals surface area contributed by atoms with Crippen molar-refractivity contribution in [1.82, 2.24) is 9.04 Å². The molecule has 0 aliphatic rings. The average molecular weight is 376 g/mol. The van der Waals surface area contributed by atoms with Crippen molar-refractivity contribution in [2.24, 2.45) is 0 Å². The molecule has 0 aliphatic carbocycles. The molecular formula is C18H20N2O5S. The molecule has 0 atom stereocenters. The molecule has 0 fully saturated rings. The molecular weight excluding hydrogens is 356 g/mol. The number of amides is 1. The zero-order chi connectivity index (χ0) is 19.5. The highest BCUT2D eigenvalue weighted by molar-refractivity contribution is 7.90. The van der Waals surface area contributed by atoms with Crippen LogP contribution in [0.4, 0.5) is 0 Å². The summed E-state index contributed by atoms with van der Waals surface area (Å²) in [5.74, 6) is -1.17. The first kappa shape index (κ1) is 19.6. The molecule has 0 saturated carbocycles. The third-order valence-corrected chi connectivity index (χ3v) is 5.50. The van der Waals surface area contributed by atoms with Gasteiger partial charge in [0.1, 0.15) is 0 Å². The number of carbonyl (C=O) groups is 2. The number of aryl methyl sites for hydroxylation is 1. The Labute approximate surface area is 152 Å². The Kier molecular flexibility index (Phi) is 5.79. The van der Waals surface area contributed by atoms with E-state index in [4.69, 9.17) is 4.84 Å². The molecule has 0 radical (unpaired) electrons. The second-order valence-electron chi connectivity index (χ2n) is 5.65. The third-order valence-electron chi connectivity index (χ3n) is 3.78. The van der Waals surface area contributed by atoms with Crippen molar-refractivity contribution < 1.29 is 22.8 Å². The number of ketones is 1. The Morgan fingerprint density at radius 3 is 2.31 bits per heavy atom. The molecule has 1 amide bonds. The van der Waals surface area contributed by atoms with E-state index < -0.39 is 21.7 Å². The molecule has 7 nitrogen and oxygen atoms in total. The van der Waals surface area contributed by atoms with Crippen LogP contribution in [0, 0.1) is 6.92 Å². The molecule has 2 rings (SSSR count). The van der Waals surface area contributed by atoms with Crippen LogP contribution in [0.2, 0.25) is 0 Å². The van der Waals surface area contributed by atoms with E-state index in [-0.39, 0.29) is 16.2 Å². The molecule has 0 aliphatic heterocycles. The molecule has 2 aromatic rings. The number of hydrogen-bond donors (Lipinski definition) is 0. The maximum atomic E-state index is 12.9. The van der Waals surface area contributed by atoms with Crippen molar-refractivity contribution >= 4 is 27.8 Å². The second kappa shape index (κ2) is 7.67. The first-order valence-electron chi connectivity index (χ1n) is 7.73. The minimum atomic E-state index is -3.86. The van der Waals surface area contributed by atoms with Crippen LogP contribution in [-0.2, 0) is 24.4 Å². The van der Waals surface area contributed by atoms with E-state index in [0.29, 0.717) is 0 Å². The lowest BCUT2D eigenvalue weighted by Gasteiger charge is -2.15. The van der Waals surface area contributed by atoms with Crippen LogP contribution in [0.25, 0.3) is 6.08 Å². The van der Waals surface area contributed by atoms with Gasteiger partial charge in [0.15, 0.2) is 5.78 Å². The fraction of sp³-hybridized carbons (Fsp3) is 0.222. The molecule has 8 heteroatoms. The summed E-state index contributed by atoms with van der Waals surface area (Å²) in [6.45, 7) is 3.09. The summed E-state index contributed by atoms with van der Waals surface area (Å²) in [5, 5.41) is 0.898. The zero-order valence-corrected chi connectivity index (χ0v) is 15.8. The van der Waals surface area contributed by atoms with Gasteiger partial charge in [-0.3, -0.25) is 14.4 Å². The van der Waals surface area contributed by atoms with E-state index in [9.17, 15) is 18.0 Å². The lowest BCUT2D eigenvalue weighted by atomic mass is 10.1. The van der Waals surface area contributed by atoms with Gasteiger partial charge in [0, 0.05) is 13.2 Å². The van der Waals surface area contributed by atoms with Gasteiger partial charge >= 0.3 is 0 Å². The summed E-state index contributed by atoms with van der Waals surface area (Å²) in [7, 11) is -1.21.